The highest BCUT2D eigenvalue weighted by Gasteiger charge is 2.02. The third kappa shape index (κ3) is 4.87. The molecular weight excluding hydrogens is 218 g/mol. The maximum Gasteiger partial charge on any atom is 0.119 e. The summed E-state index contributed by atoms with van der Waals surface area (Å²) in [6.45, 7) is 3.61. The topological polar surface area (TPSA) is 62.0 Å². The van der Waals surface area contributed by atoms with Crippen molar-refractivity contribution in [1.82, 2.24) is 0 Å². The largest absolute Gasteiger partial charge is 0.488 e. The molecule has 94 valence electrons. The minimum atomic E-state index is -0.190. The Kier molecular flexibility index (Phi) is 5.49. The molecule has 1 atom stereocenters. The van der Waals surface area contributed by atoms with Gasteiger partial charge in [0, 0.05) is 0 Å². The molecule has 1 aromatic carbocycles. The summed E-state index contributed by atoms with van der Waals surface area (Å²) < 4.78 is 5.45. The summed E-state index contributed by atoms with van der Waals surface area (Å²) in [5.74, 6) is 0.753. The highest BCUT2D eigenvalue weighted by Crippen LogP contribution is 2.15. The molecule has 0 bridgehead atoms. The number of oxime groups is 1. The summed E-state index contributed by atoms with van der Waals surface area (Å²) in [5, 5.41) is 20.5. The Morgan fingerprint density at radius 3 is 2.53 bits per heavy atom. The van der Waals surface area contributed by atoms with Gasteiger partial charge in [0.15, 0.2) is 0 Å². The molecule has 1 aromatic rings. The summed E-state index contributed by atoms with van der Waals surface area (Å²) in [6, 6.07) is 7.72. The standard InChI is InChI=1S/C13H19NO3/c1-10(14-16)3-4-12-5-7-13(8-6-12)17-11(2)9-15/h5-8,11,15-16H,3-4,9H2,1-2H3/b14-10+. The first kappa shape index (κ1) is 13.5. The first-order valence-electron chi connectivity index (χ1n) is 5.69. The van der Waals surface area contributed by atoms with Gasteiger partial charge in [0.25, 0.3) is 0 Å². The van der Waals surface area contributed by atoms with Gasteiger partial charge in [-0.1, -0.05) is 17.3 Å². The fraction of sp³-hybridized carbons (Fsp3) is 0.462. The van der Waals surface area contributed by atoms with Crippen molar-refractivity contribution in [3.8, 4) is 5.75 Å². The Balaban J connectivity index is 2.50. The maximum absolute atomic E-state index is 8.86. The van der Waals surface area contributed by atoms with Crippen molar-refractivity contribution in [1.29, 1.82) is 0 Å². The van der Waals surface area contributed by atoms with Gasteiger partial charge in [-0.15, -0.1) is 0 Å². The second kappa shape index (κ2) is 6.91. The van der Waals surface area contributed by atoms with E-state index in [4.69, 9.17) is 15.1 Å². The second-order valence-electron chi connectivity index (χ2n) is 4.09. The van der Waals surface area contributed by atoms with Crippen molar-refractivity contribution >= 4 is 5.71 Å². The van der Waals surface area contributed by atoms with E-state index in [9.17, 15) is 0 Å². The average molecular weight is 237 g/mol. The Hall–Kier alpha value is -1.55. The number of hydrogen-bond acceptors (Lipinski definition) is 4. The number of aliphatic hydroxyl groups is 1. The average Bonchev–Trinajstić information content (AvgIpc) is 2.37. The molecule has 2 N–H and O–H groups in total. The molecular formula is C13H19NO3. The summed E-state index contributed by atoms with van der Waals surface area (Å²) in [6.07, 6.45) is 1.39. The Bertz CT molecular complexity index is 359. The monoisotopic (exact) mass is 237 g/mol. The van der Waals surface area contributed by atoms with E-state index in [0.29, 0.717) is 0 Å². The quantitative estimate of drug-likeness (QED) is 0.453. The molecule has 0 heterocycles. The Labute approximate surface area is 102 Å². The first-order valence-corrected chi connectivity index (χ1v) is 5.69. The molecule has 4 nitrogen and oxygen atoms in total. The zero-order valence-electron chi connectivity index (χ0n) is 10.3. The third-order valence-corrected chi connectivity index (χ3v) is 2.46. The van der Waals surface area contributed by atoms with E-state index in [0.717, 1.165) is 29.9 Å². The van der Waals surface area contributed by atoms with Gasteiger partial charge in [0.2, 0.25) is 0 Å². The number of aliphatic hydroxyl groups excluding tert-OH is 1. The summed E-state index contributed by atoms with van der Waals surface area (Å²) in [7, 11) is 0. The molecule has 0 spiro atoms. The smallest absolute Gasteiger partial charge is 0.119 e. The number of hydrogen-bond donors (Lipinski definition) is 2. The van der Waals surface area contributed by atoms with Gasteiger partial charge in [-0.25, -0.2) is 0 Å². The molecule has 4 heteroatoms. The summed E-state index contributed by atoms with van der Waals surface area (Å²) in [4.78, 5) is 0. The van der Waals surface area contributed by atoms with Gasteiger partial charge >= 0.3 is 0 Å². The zero-order valence-corrected chi connectivity index (χ0v) is 10.3. The van der Waals surface area contributed by atoms with Gasteiger partial charge in [0.05, 0.1) is 12.3 Å². The highest BCUT2D eigenvalue weighted by atomic mass is 16.5. The van der Waals surface area contributed by atoms with E-state index in [-0.39, 0.29) is 12.7 Å². The van der Waals surface area contributed by atoms with Crippen LogP contribution in [0.2, 0.25) is 0 Å². The highest BCUT2D eigenvalue weighted by molar-refractivity contribution is 5.81. The van der Waals surface area contributed by atoms with Crippen molar-refractivity contribution in [3.05, 3.63) is 29.8 Å². The van der Waals surface area contributed by atoms with Crippen LogP contribution in [-0.4, -0.2) is 28.7 Å². The van der Waals surface area contributed by atoms with E-state index in [1.807, 2.05) is 31.2 Å². The fourth-order valence-corrected chi connectivity index (χ4v) is 1.38. The maximum atomic E-state index is 8.86. The van der Waals surface area contributed by atoms with Crippen LogP contribution in [0, 0.1) is 0 Å². The predicted molar refractivity (Wildman–Crippen MR) is 66.8 cm³/mol. The van der Waals surface area contributed by atoms with Crippen LogP contribution >= 0.6 is 0 Å². The first-order chi connectivity index (χ1) is 8.15. The van der Waals surface area contributed by atoms with E-state index in [1.54, 1.807) is 6.92 Å². The molecule has 0 fully saturated rings. The van der Waals surface area contributed by atoms with Crippen LogP contribution in [0.3, 0.4) is 0 Å². The SMILES string of the molecule is C/C(CCc1ccc(OC(C)CO)cc1)=N\O. The van der Waals surface area contributed by atoms with Gasteiger partial charge in [-0.3, -0.25) is 0 Å². The summed E-state index contributed by atoms with van der Waals surface area (Å²) >= 11 is 0. The van der Waals surface area contributed by atoms with Gasteiger partial charge in [-0.05, 0) is 44.4 Å². The van der Waals surface area contributed by atoms with Crippen LogP contribution in [0.5, 0.6) is 5.75 Å². The number of rotatable bonds is 6. The second-order valence-corrected chi connectivity index (χ2v) is 4.09. The molecule has 0 saturated heterocycles. The lowest BCUT2D eigenvalue weighted by atomic mass is 10.1. The lowest BCUT2D eigenvalue weighted by Crippen LogP contribution is -2.16. The van der Waals surface area contributed by atoms with Gasteiger partial charge in [0.1, 0.15) is 11.9 Å². The zero-order chi connectivity index (χ0) is 12.7. The molecule has 0 aromatic heterocycles. The van der Waals surface area contributed by atoms with E-state index in [1.165, 1.54) is 0 Å². The Morgan fingerprint density at radius 1 is 1.35 bits per heavy atom. The molecule has 0 radical (unpaired) electrons. The lowest BCUT2D eigenvalue weighted by molar-refractivity contribution is 0.129. The molecule has 0 amide bonds. The minimum Gasteiger partial charge on any atom is -0.488 e. The molecule has 0 aliphatic heterocycles. The van der Waals surface area contributed by atoms with Crippen molar-refractivity contribution in [2.24, 2.45) is 5.16 Å². The number of aryl methyl sites for hydroxylation is 1. The van der Waals surface area contributed by atoms with E-state index >= 15 is 0 Å². The van der Waals surface area contributed by atoms with Crippen LogP contribution in [0.15, 0.2) is 29.4 Å². The lowest BCUT2D eigenvalue weighted by Gasteiger charge is -2.12. The number of benzene rings is 1. The molecule has 0 aliphatic carbocycles. The van der Waals surface area contributed by atoms with Crippen molar-refractivity contribution in [2.75, 3.05) is 6.61 Å². The van der Waals surface area contributed by atoms with Crippen LogP contribution in [0.1, 0.15) is 25.8 Å². The van der Waals surface area contributed by atoms with Crippen LogP contribution in [-0.2, 0) is 6.42 Å². The molecule has 0 aliphatic rings. The predicted octanol–water partition coefficient (Wildman–Crippen LogP) is 2.23. The van der Waals surface area contributed by atoms with Gasteiger partial charge < -0.3 is 15.1 Å². The van der Waals surface area contributed by atoms with E-state index in [2.05, 4.69) is 5.16 Å². The van der Waals surface area contributed by atoms with Crippen LogP contribution in [0.25, 0.3) is 0 Å². The van der Waals surface area contributed by atoms with Crippen molar-refractivity contribution in [2.45, 2.75) is 32.8 Å². The minimum absolute atomic E-state index is 0.00785. The third-order valence-electron chi connectivity index (χ3n) is 2.46. The number of nitrogens with zero attached hydrogens (tertiary/aromatic N) is 1. The molecule has 17 heavy (non-hydrogen) atoms. The van der Waals surface area contributed by atoms with E-state index < -0.39 is 0 Å². The fourth-order valence-electron chi connectivity index (χ4n) is 1.38. The van der Waals surface area contributed by atoms with Crippen LogP contribution < -0.4 is 4.74 Å². The molecule has 0 saturated carbocycles. The molecule has 1 unspecified atom stereocenters. The Morgan fingerprint density at radius 2 is 2.00 bits per heavy atom. The number of ether oxygens (including phenoxy) is 1. The van der Waals surface area contributed by atoms with Crippen molar-refractivity contribution in [3.63, 3.8) is 0 Å². The van der Waals surface area contributed by atoms with Crippen molar-refractivity contribution < 1.29 is 15.1 Å². The van der Waals surface area contributed by atoms with Crippen LogP contribution in [0.4, 0.5) is 0 Å². The van der Waals surface area contributed by atoms with Gasteiger partial charge in [-0.2, -0.15) is 0 Å². The molecule has 1 rings (SSSR count). The summed E-state index contributed by atoms with van der Waals surface area (Å²) in [5.41, 5.74) is 1.89. The normalized spacial score (nSPS) is 13.5.